The molecule has 0 unspecified atom stereocenters. The van der Waals surface area contributed by atoms with Gasteiger partial charge < -0.3 is 14.8 Å². The number of ether oxygens (including phenoxy) is 2. The van der Waals surface area contributed by atoms with Gasteiger partial charge in [0.25, 0.3) is 0 Å². The first-order valence-electron chi connectivity index (χ1n) is 9.94. The summed E-state index contributed by atoms with van der Waals surface area (Å²) in [7, 11) is 0. The maximum atomic E-state index is 13.6. The number of carbonyl (C=O) groups excluding carboxylic acids is 1. The number of anilines is 1. The SMILES string of the molecule is CCOc1ccc(NC(=O)C2(c3ccccc3Cl)CCOCC2)c2ccccc12. The molecule has 4 rings (SSSR count). The van der Waals surface area contributed by atoms with Crippen molar-refractivity contribution in [2.75, 3.05) is 25.1 Å². The molecular weight excluding hydrogens is 386 g/mol. The zero-order valence-electron chi connectivity index (χ0n) is 16.4. The van der Waals surface area contributed by atoms with Crippen molar-refractivity contribution < 1.29 is 14.3 Å². The predicted octanol–water partition coefficient (Wildman–Crippen LogP) is 5.58. The molecule has 29 heavy (non-hydrogen) atoms. The number of fused-ring (bicyclic) bond motifs is 1. The number of hydrogen-bond acceptors (Lipinski definition) is 3. The lowest BCUT2D eigenvalue weighted by Crippen LogP contribution is -2.45. The van der Waals surface area contributed by atoms with Gasteiger partial charge in [0.15, 0.2) is 0 Å². The quantitative estimate of drug-likeness (QED) is 0.598. The van der Waals surface area contributed by atoms with Crippen LogP contribution in [0.25, 0.3) is 10.8 Å². The van der Waals surface area contributed by atoms with Crippen LogP contribution in [0.5, 0.6) is 5.75 Å². The molecule has 0 radical (unpaired) electrons. The van der Waals surface area contributed by atoms with Gasteiger partial charge in [0.2, 0.25) is 5.91 Å². The van der Waals surface area contributed by atoms with Crippen molar-refractivity contribution in [3.63, 3.8) is 0 Å². The van der Waals surface area contributed by atoms with Crippen LogP contribution in [0.1, 0.15) is 25.3 Å². The van der Waals surface area contributed by atoms with Gasteiger partial charge in [0.1, 0.15) is 5.75 Å². The number of hydrogen-bond donors (Lipinski definition) is 1. The van der Waals surface area contributed by atoms with Crippen LogP contribution in [0.3, 0.4) is 0 Å². The van der Waals surface area contributed by atoms with Crippen LogP contribution in [-0.4, -0.2) is 25.7 Å². The largest absolute Gasteiger partial charge is 0.493 e. The number of carbonyl (C=O) groups is 1. The molecular formula is C24H24ClNO3. The molecule has 0 spiro atoms. The van der Waals surface area contributed by atoms with Crippen molar-refractivity contribution in [1.82, 2.24) is 0 Å². The number of halogens is 1. The molecule has 0 aliphatic carbocycles. The van der Waals surface area contributed by atoms with E-state index in [9.17, 15) is 4.79 Å². The van der Waals surface area contributed by atoms with E-state index in [0.29, 0.717) is 37.7 Å². The minimum absolute atomic E-state index is 0.0526. The van der Waals surface area contributed by atoms with E-state index in [1.807, 2.05) is 67.6 Å². The Balaban J connectivity index is 1.74. The number of benzene rings is 3. The first kappa shape index (κ1) is 19.7. The van der Waals surface area contributed by atoms with Crippen molar-refractivity contribution in [3.8, 4) is 5.75 Å². The fraction of sp³-hybridized carbons (Fsp3) is 0.292. The van der Waals surface area contributed by atoms with Crippen LogP contribution in [0.15, 0.2) is 60.7 Å². The Labute approximate surface area is 175 Å². The van der Waals surface area contributed by atoms with E-state index in [1.165, 1.54) is 0 Å². The molecule has 1 heterocycles. The number of nitrogens with one attached hydrogen (secondary N) is 1. The van der Waals surface area contributed by atoms with Crippen molar-refractivity contribution in [1.29, 1.82) is 0 Å². The molecule has 5 heteroatoms. The summed E-state index contributed by atoms with van der Waals surface area (Å²) >= 11 is 6.51. The van der Waals surface area contributed by atoms with Gasteiger partial charge in [-0.2, -0.15) is 0 Å². The van der Waals surface area contributed by atoms with Gasteiger partial charge in [-0.1, -0.05) is 54.1 Å². The predicted molar refractivity (Wildman–Crippen MR) is 117 cm³/mol. The average molecular weight is 410 g/mol. The van der Waals surface area contributed by atoms with Gasteiger partial charge >= 0.3 is 0 Å². The topological polar surface area (TPSA) is 47.6 Å². The van der Waals surface area contributed by atoms with Crippen LogP contribution >= 0.6 is 11.6 Å². The summed E-state index contributed by atoms with van der Waals surface area (Å²) < 4.78 is 11.3. The summed E-state index contributed by atoms with van der Waals surface area (Å²) in [5.41, 5.74) is 0.917. The summed E-state index contributed by atoms with van der Waals surface area (Å²) in [5, 5.41) is 5.72. The van der Waals surface area contributed by atoms with Crippen LogP contribution < -0.4 is 10.1 Å². The van der Waals surface area contributed by atoms with E-state index in [4.69, 9.17) is 21.1 Å². The van der Waals surface area contributed by atoms with E-state index < -0.39 is 5.41 Å². The van der Waals surface area contributed by atoms with Gasteiger partial charge in [-0.25, -0.2) is 0 Å². The third kappa shape index (κ3) is 3.70. The molecule has 1 fully saturated rings. The second-order valence-electron chi connectivity index (χ2n) is 7.22. The average Bonchev–Trinajstić information content (AvgIpc) is 2.76. The summed E-state index contributed by atoms with van der Waals surface area (Å²) in [5.74, 6) is 0.760. The number of rotatable bonds is 5. The highest BCUT2D eigenvalue weighted by Crippen LogP contribution is 2.40. The van der Waals surface area contributed by atoms with Crippen LogP contribution in [0, 0.1) is 0 Å². The molecule has 150 valence electrons. The second kappa shape index (κ2) is 8.44. The molecule has 1 aliphatic heterocycles. The molecule has 0 saturated carbocycles. The molecule has 0 bridgehead atoms. The van der Waals surface area contributed by atoms with E-state index in [0.717, 1.165) is 27.8 Å². The minimum atomic E-state index is -0.712. The zero-order valence-corrected chi connectivity index (χ0v) is 17.2. The van der Waals surface area contributed by atoms with Gasteiger partial charge in [0.05, 0.1) is 12.0 Å². The molecule has 1 saturated heterocycles. The molecule has 3 aromatic carbocycles. The summed E-state index contributed by atoms with van der Waals surface area (Å²) in [6.07, 6.45) is 1.19. The first-order chi connectivity index (χ1) is 14.2. The lowest BCUT2D eigenvalue weighted by atomic mass is 9.73. The van der Waals surface area contributed by atoms with E-state index in [2.05, 4.69) is 5.32 Å². The monoisotopic (exact) mass is 409 g/mol. The highest BCUT2D eigenvalue weighted by atomic mass is 35.5. The highest BCUT2D eigenvalue weighted by molar-refractivity contribution is 6.32. The Morgan fingerprint density at radius 2 is 1.72 bits per heavy atom. The Bertz CT molecular complexity index is 1030. The summed E-state index contributed by atoms with van der Waals surface area (Å²) in [6.45, 7) is 3.61. The highest BCUT2D eigenvalue weighted by Gasteiger charge is 2.43. The van der Waals surface area contributed by atoms with Crippen molar-refractivity contribution in [2.45, 2.75) is 25.2 Å². The molecule has 0 atom stereocenters. The Morgan fingerprint density at radius 3 is 2.45 bits per heavy atom. The zero-order chi connectivity index (χ0) is 20.3. The van der Waals surface area contributed by atoms with Gasteiger partial charge in [-0.15, -0.1) is 0 Å². The molecule has 1 amide bonds. The van der Waals surface area contributed by atoms with Crippen LogP contribution in [0.4, 0.5) is 5.69 Å². The summed E-state index contributed by atoms with van der Waals surface area (Å²) in [4.78, 5) is 13.6. The van der Waals surface area contributed by atoms with Crippen molar-refractivity contribution >= 4 is 34.0 Å². The Kier molecular flexibility index (Phi) is 5.74. The maximum absolute atomic E-state index is 13.6. The third-order valence-electron chi connectivity index (χ3n) is 5.60. The van der Waals surface area contributed by atoms with Gasteiger partial charge in [-0.3, -0.25) is 4.79 Å². The van der Waals surface area contributed by atoms with E-state index in [1.54, 1.807) is 0 Å². The molecule has 4 nitrogen and oxygen atoms in total. The second-order valence-corrected chi connectivity index (χ2v) is 7.63. The fourth-order valence-corrected chi connectivity index (χ4v) is 4.41. The van der Waals surface area contributed by atoms with Gasteiger partial charge in [0, 0.05) is 34.7 Å². The van der Waals surface area contributed by atoms with Crippen molar-refractivity contribution in [3.05, 3.63) is 71.2 Å². The van der Waals surface area contributed by atoms with Crippen LogP contribution in [0.2, 0.25) is 5.02 Å². The third-order valence-corrected chi connectivity index (χ3v) is 5.93. The molecule has 0 aromatic heterocycles. The number of amides is 1. The smallest absolute Gasteiger partial charge is 0.235 e. The first-order valence-corrected chi connectivity index (χ1v) is 10.3. The minimum Gasteiger partial charge on any atom is -0.493 e. The molecule has 3 aromatic rings. The standard InChI is InChI=1S/C24H24ClNO3/c1-2-29-22-12-11-21(17-7-3-4-8-18(17)22)26-23(27)24(13-15-28-16-14-24)19-9-5-6-10-20(19)25/h3-12H,2,13-16H2,1H3,(H,26,27). The Hall–Kier alpha value is -2.56. The maximum Gasteiger partial charge on any atom is 0.235 e. The van der Waals surface area contributed by atoms with Crippen molar-refractivity contribution in [2.24, 2.45) is 0 Å². The van der Waals surface area contributed by atoms with Crippen LogP contribution in [-0.2, 0) is 14.9 Å². The molecule has 1 aliphatic rings. The molecule has 1 N–H and O–H groups in total. The fourth-order valence-electron chi connectivity index (χ4n) is 4.09. The summed E-state index contributed by atoms with van der Waals surface area (Å²) in [6, 6.07) is 19.4. The lowest BCUT2D eigenvalue weighted by molar-refractivity contribution is -0.125. The van der Waals surface area contributed by atoms with Gasteiger partial charge in [-0.05, 0) is 43.5 Å². The Morgan fingerprint density at radius 1 is 1.03 bits per heavy atom. The van der Waals surface area contributed by atoms with E-state index in [-0.39, 0.29) is 5.91 Å². The van der Waals surface area contributed by atoms with E-state index >= 15 is 0 Å². The lowest BCUT2D eigenvalue weighted by Gasteiger charge is -2.37. The normalized spacial score (nSPS) is 15.8.